The van der Waals surface area contributed by atoms with E-state index in [0.717, 1.165) is 0 Å². The van der Waals surface area contributed by atoms with Crippen LogP contribution < -0.4 is 5.73 Å². The second-order valence-electron chi connectivity index (χ2n) is 2.97. The summed E-state index contributed by atoms with van der Waals surface area (Å²) in [5, 5.41) is 17.1. The van der Waals surface area contributed by atoms with Crippen molar-refractivity contribution >= 4 is 11.9 Å². The van der Waals surface area contributed by atoms with Crippen molar-refractivity contribution in [2.45, 2.75) is 19.9 Å². The lowest BCUT2D eigenvalue weighted by atomic mass is 9.89. The van der Waals surface area contributed by atoms with Gasteiger partial charge in [0.1, 0.15) is 6.04 Å². The van der Waals surface area contributed by atoms with Crippen molar-refractivity contribution in [2.24, 2.45) is 17.6 Å². The third kappa shape index (κ3) is 2.50. The molecule has 0 aliphatic heterocycles. The Morgan fingerprint density at radius 1 is 1.17 bits per heavy atom. The maximum Gasteiger partial charge on any atom is 0.321 e. The van der Waals surface area contributed by atoms with Crippen molar-refractivity contribution in [3.63, 3.8) is 0 Å². The molecule has 0 aromatic rings. The quantitative estimate of drug-likeness (QED) is 0.547. The maximum absolute atomic E-state index is 10.5. The fourth-order valence-corrected chi connectivity index (χ4v) is 1.01. The minimum absolute atomic E-state index is 0.284. The van der Waals surface area contributed by atoms with Crippen LogP contribution in [0, 0.1) is 11.8 Å². The van der Waals surface area contributed by atoms with Crippen LogP contribution >= 0.6 is 0 Å². The van der Waals surface area contributed by atoms with E-state index in [1.54, 1.807) is 13.8 Å². The van der Waals surface area contributed by atoms with Crippen LogP contribution in [0.2, 0.25) is 0 Å². The van der Waals surface area contributed by atoms with E-state index in [1.165, 1.54) is 0 Å². The van der Waals surface area contributed by atoms with E-state index in [0.29, 0.717) is 0 Å². The Labute approximate surface area is 70.2 Å². The Balaban J connectivity index is 4.51. The summed E-state index contributed by atoms with van der Waals surface area (Å²) in [5.74, 6) is -3.76. The van der Waals surface area contributed by atoms with Crippen LogP contribution in [0.1, 0.15) is 13.8 Å². The summed E-state index contributed by atoms with van der Waals surface area (Å²) in [5.41, 5.74) is 5.18. The molecule has 0 fully saturated rings. The van der Waals surface area contributed by atoms with Gasteiger partial charge in [-0.15, -0.1) is 0 Å². The number of carboxylic acids is 2. The van der Waals surface area contributed by atoms with Gasteiger partial charge in [-0.2, -0.15) is 0 Å². The molecule has 5 heteroatoms. The molecule has 0 amide bonds. The van der Waals surface area contributed by atoms with Crippen molar-refractivity contribution in [1.82, 2.24) is 0 Å². The normalized spacial score (nSPS) is 15.7. The van der Waals surface area contributed by atoms with E-state index in [9.17, 15) is 9.59 Å². The lowest BCUT2D eigenvalue weighted by Gasteiger charge is -2.19. The topological polar surface area (TPSA) is 101 Å². The minimum Gasteiger partial charge on any atom is -0.481 e. The van der Waals surface area contributed by atoms with Gasteiger partial charge in [-0.3, -0.25) is 9.59 Å². The molecule has 5 nitrogen and oxygen atoms in total. The summed E-state index contributed by atoms with van der Waals surface area (Å²) in [4.78, 5) is 20.9. The molecular weight excluding hydrogens is 162 g/mol. The van der Waals surface area contributed by atoms with E-state index < -0.39 is 23.9 Å². The summed E-state index contributed by atoms with van der Waals surface area (Å²) in [6, 6.07) is -1.33. The molecule has 0 spiro atoms. The highest BCUT2D eigenvalue weighted by atomic mass is 16.4. The molecule has 0 aliphatic rings. The monoisotopic (exact) mass is 175 g/mol. The first-order valence-electron chi connectivity index (χ1n) is 3.59. The first kappa shape index (κ1) is 10.9. The van der Waals surface area contributed by atoms with E-state index in [4.69, 9.17) is 15.9 Å². The average Bonchev–Trinajstić information content (AvgIpc) is 1.85. The molecule has 0 saturated carbocycles. The summed E-state index contributed by atoms with van der Waals surface area (Å²) < 4.78 is 0. The Kier molecular flexibility index (Phi) is 3.69. The Hall–Kier alpha value is -1.10. The zero-order valence-corrected chi connectivity index (χ0v) is 7.02. The third-order valence-corrected chi connectivity index (χ3v) is 1.68. The number of hydrogen-bond acceptors (Lipinski definition) is 3. The largest absolute Gasteiger partial charge is 0.481 e. The molecule has 0 radical (unpaired) electrons. The standard InChI is InChI=1S/C7H13NO4/c1-3(2)4(6(9)10)5(8)7(11)12/h3-5H,8H2,1-2H3,(H,9,10)(H,11,12)/t4-,5?/m1/s1. The second-order valence-corrected chi connectivity index (χ2v) is 2.97. The molecule has 70 valence electrons. The highest BCUT2D eigenvalue weighted by Crippen LogP contribution is 2.14. The fourth-order valence-electron chi connectivity index (χ4n) is 1.01. The molecule has 0 aromatic heterocycles. The van der Waals surface area contributed by atoms with Gasteiger partial charge in [-0.25, -0.2) is 0 Å². The number of aliphatic carboxylic acids is 2. The molecule has 0 bridgehead atoms. The maximum atomic E-state index is 10.5. The first-order valence-corrected chi connectivity index (χ1v) is 3.59. The van der Waals surface area contributed by atoms with Crippen LogP contribution in [0.25, 0.3) is 0 Å². The van der Waals surface area contributed by atoms with Gasteiger partial charge in [0.25, 0.3) is 0 Å². The Bertz CT molecular complexity index is 190. The van der Waals surface area contributed by atoms with E-state index >= 15 is 0 Å². The molecule has 0 aliphatic carbocycles. The van der Waals surface area contributed by atoms with E-state index in [2.05, 4.69) is 0 Å². The molecule has 4 N–H and O–H groups in total. The van der Waals surface area contributed by atoms with Crippen LogP contribution in [-0.2, 0) is 9.59 Å². The summed E-state index contributed by atoms with van der Waals surface area (Å²) in [6.45, 7) is 3.25. The van der Waals surface area contributed by atoms with Gasteiger partial charge < -0.3 is 15.9 Å². The molecule has 0 aromatic carbocycles. The first-order chi connectivity index (χ1) is 5.37. The number of carbonyl (C=O) groups is 2. The second kappa shape index (κ2) is 4.06. The van der Waals surface area contributed by atoms with Crippen LogP contribution in [0.4, 0.5) is 0 Å². The number of rotatable bonds is 4. The highest BCUT2D eigenvalue weighted by molar-refractivity contribution is 5.82. The zero-order valence-electron chi connectivity index (χ0n) is 7.02. The smallest absolute Gasteiger partial charge is 0.321 e. The van der Waals surface area contributed by atoms with Gasteiger partial charge in [0.15, 0.2) is 0 Å². The van der Waals surface area contributed by atoms with Crippen molar-refractivity contribution < 1.29 is 19.8 Å². The van der Waals surface area contributed by atoms with Gasteiger partial charge >= 0.3 is 11.9 Å². The predicted octanol–water partition coefficient (Wildman–Crippen LogP) is -0.245. The zero-order chi connectivity index (χ0) is 9.89. The van der Waals surface area contributed by atoms with Crippen molar-refractivity contribution in [2.75, 3.05) is 0 Å². The third-order valence-electron chi connectivity index (χ3n) is 1.68. The lowest BCUT2D eigenvalue weighted by Crippen LogP contribution is -2.44. The van der Waals surface area contributed by atoms with Crippen LogP contribution in [0.3, 0.4) is 0 Å². The molecule has 0 heterocycles. The molecule has 0 rings (SSSR count). The molecule has 2 atom stereocenters. The molecule has 12 heavy (non-hydrogen) atoms. The molecule has 1 unspecified atom stereocenters. The molecule has 0 saturated heterocycles. The van der Waals surface area contributed by atoms with Crippen LogP contribution in [0.5, 0.6) is 0 Å². The van der Waals surface area contributed by atoms with Gasteiger partial charge in [-0.1, -0.05) is 13.8 Å². The van der Waals surface area contributed by atoms with Gasteiger partial charge in [-0.05, 0) is 5.92 Å². The van der Waals surface area contributed by atoms with Crippen LogP contribution in [-0.4, -0.2) is 28.2 Å². The van der Waals surface area contributed by atoms with Gasteiger partial charge in [0.05, 0.1) is 5.92 Å². The summed E-state index contributed by atoms with van der Waals surface area (Å²) in [6.07, 6.45) is 0. The SMILES string of the molecule is CC(C)[C@@H](C(=O)O)C(N)C(=O)O. The Morgan fingerprint density at radius 3 is 1.67 bits per heavy atom. The lowest BCUT2D eigenvalue weighted by molar-refractivity contribution is -0.151. The number of carboxylic acid groups (broad SMARTS) is 2. The van der Waals surface area contributed by atoms with Crippen molar-refractivity contribution in [1.29, 1.82) is 0 Å². The van der Waals surface area contributed by atoms with Gasteiger partial charge in [0, 0.05) is 0 Å². The van der Waals surface area contributed by atoms with Crippen LogP contribution in [0.15, 0.2) is 0 Å². The predicted molar refractivity (Wildman–Crippen MR) is 41.6 cm³/mol. The highest BCUT2D eigenvalue weighted by Gasteiger charge is 2.32. The average molecular weight is 175 g/mol. The van der Waals surface area contributed by atoms with Crippen molar-refractivity contribution in [3.05, 3.63) is 0 Å². The van der Waals surface area contributed by atoms with E-state index in [-0.39, 0.29) is 5.92 Å². The minimum atomic E-state index is -1.33. The molecular formula is C7H13NO4. The number of hydrogen-bond donors (Lipinski definition) is 3. The summed E-state index contributed by atoms with van der Waals surface area (Å²) in [7, 11) is 0. The Morgan fingerprint density at radius 2 is 1.58 bits per heavy atom. The number of nitrogens with two attached hydrogens (primary N) is 1. The van der Waals surface area contributed by atoms with Crippen molar-refractivity contribution in [3.8, 4) is 0 Å². The van der Waals surface area contributed by atoms with E-state index in [1.807, 2.05) is 0 Å². The summed E-state index contributed by atoms with van der Waals surface area (Å²) >= 11 is 0. The van der Waals surface area contributed by atoms with Gasteiger partial charge in [0.2, 0.25) is 0 Å². The fraction of sp³-hybridized carbons (Fsp3) is 0.714.